The number of rotatable bonds is 24. The number of hydrogen-bond acceptors (Lipinski definition) is 10. The molecule has 68 heavy (non-hydrogen) atoms. The van der Waals surface area contributed by atoms with Crippen molar-refractivity contribution in [1.82, 2.24) is 46.9 Å². The van der Waals surface area contributed by atoms with Crippen LogP contribution in [-0.2, 0) is 54.5 Å². The molecule has 2 aromatic heterocycles. The summed E-state index contributed by atoms with van der Waals surface area (Å²) in [6, 6.07) is 21.9. The maximum atomic E-state index is 14.5. The number of carbonyl (C=O) groups excluding carboxylic acids is 5. The number of nitrogens with zero attached hydrogens (tertiary/aromatic N) is 1. The Balaban J connectivity index is 1.24. The van der Waals surface area contributed by atoms with E-state index in [1.54, 1.807) is 48.8 Å². The molecular weight excluding hydrogens is 889 g/mol. The van der Waals surface area contributed by atoms with Crippen molar-refractivity contribution in [2.75, 3.05) is 12.3 Å². The summed E-state index contributed by atoms with van der Waals surface area (Å²) in [4.78, 5) is 93.0. The first-order valence-corrected chi connectivity index (χ1v) is 22.6. The average Bonchev–Trinajstić information content (AvgIpc) is 4.01. The van der Waals surface area contributed by atoms with Gasteiger partial charge in [0.1, 0.15) is 30.2 Å². The minimum Gasteiger partial charge on any atom is -0.480 e. The number of para-hydroxylation sites is 1. The van der Waals surface area contributed by atoms with Gasteiger partial charge in [-0.05, 0) is 52.8 Å². The van der Waals surface area contributed by atoms with Gasteiger partial charge in [-0.3, -0.25) is 29.4 Å². The van der Waals surface area contributed by atoms with Gasteiger partial charge in [0, 0.05) is 54.9 Å². The van der Waals surface area contributed by atoms with E-state index in [0.29, 0.717) is 16.8 Å². The summed E-state index contributed by atoms with van der Waals surface area (Å²) in [6.07, 6.45) is 5.00. The third-order valence-electron chi connectivity index (χ3n) is 11.3. The molecule has 19 nitrogen and oxygen atoms in total. The fourth-order valence-electron chi connectivity index (χ4n) is 7.67. The van der Waals surface area contributed by atoms with E-state index in [0.717, 1.165) is 27.2 Å². The maximum Gasteiger partial charge on any atom is 0.327 e. The van der Waals surface area contributed by atoms with Crippen LogP contribution in [-0.4, -0.2) is 110 Å². The average molecular weight is 945 g/mol. The molecule has 0 aliphatic carbocycles. The van der Waals surface area contributed by atoms with Crippen LogP contribution < -0.4 is 43.4 Å². The molecule has 0 aliphatic rings. The summed E-state index contributed by atoms with van der Waals surface area (Å²) in [6.45, 7) is 0.152. The highest BCUT2D eigenvalue weighted by molar-refractivity contribution is 7.80. The van der Waals surface area contributed by atoms with Gasteiger partial charge in [-0.1, -0.05) is 91.0 Å². The van der Waals surface area contributed by atoms with Crippen LogP contribution in [0.3, 0.4) is 0 Å². The third-order valence-corrected chi connectivity index (χ3v) is 11.6. The lowest BCUT2D eigenvalue weighted by atomic mass is 10.00. The second-order valence-electron chi connectivity index (χ2n) is 16.3. The molecule has 0 fully saturated rings. The number of aromatic nitrogens is 3. The molecule has 0 saturated carbocycles. The van der Waals surface area contributed by atoms with Crippen LogP contribution in [0.25, 0.3) is 21.7 Å². The van der Waals surface area contributed by atoms with Crippen molar-refractivity contribution in [3.8, 4) is 0 Å². The van der Waals surface area contributed by atoms with Crippen LogP contribution in [0, 0.1) is 5.41 Å². The Bertz CT molecular complexity index is 2700. The molecule has 356 valence electrons. The molecule has 0 bridgehead atoms. The molecule has 2 heterocycles. The van der Waals surface area contributed by atoms with Crippen molar-refractivity contribution in [2.45, 2.75) is 74.8 Å². The number of carboxylic acids is 1. The number of amides is 5. The monoisotopic (exact) mass is 944 g/mol. The van der Waals surface area contributed by atoms with Gasteiger partial charge in [0.05, 0.1) is 18.1 Å². The van der Waals surface area contributed by atoms with Gasteiger partial charge in [0.2, 0.25) is 29.5 Å². The minimum atomic E-state index is -1.37. The number of guanidine groups is 1. The molecule has 6 aromatic rings. The quantitative estimate of drug-likeness (QED) is 0.0178. The van der Waals surface area contributed by atoms with E-state index in [4.69, 9.17) is 16.9 Å². The molecule has 0 radical (unpaired) electrons. The van der Waals surface area contributed by atoms with E-state index < -0.39 is 71.8 Å². The fourth-order valence-corrected chi connectivity index (χ4v) is 7.92. The van der Waals surface area contributed by atoms with E-state index in [1.807, 2.05) is 60.7 Å². The van der Waals surface area contributed by atoms with Crippen LogP contribution in [0.1, 0.15) is 35.2 Å². The van der Waals surface area contributed by atoms with Gasteiger partial charge >= 0.3 is 5.97 Å². The summed E-state index contributed by atoms with van der Waals surface area (Å²) in [7, 11) is 0. The Morgan fingerprint density at radius 1 is 0.662 bits per heavy atom. The number of hydrogen-bond donors (Lipinski definition) is 13. The van der Waals surface area contributed by atoms with Gasteiger partial charge in [0.25, 0.3) is 0 Å². The summed E-state index contributed by atoms with van der Waals surface area (Å²) in [5, 5.41) is 36.2. The van der Waals surface area contributed by atoms with Crippen molar-refractivity contribution >= 4 is 75.8 Å². The van der Waals surface area contributed by atoms with Gasteiger partial charge in [-0.2, -0.15) is 12.6 Å². The van der Waals surface area contributed by atoms with Gasteiger partial charge in [0.15, 0.2) is 5.96 Å². The fraction of sp³-hybridized carbons (Fsp3) is 0.292. The summed E-state index contributed by atoms with van der Waals surface area (Å²) < 4.78 is 0. The summed E-state index contributed by atoms with van der Waals surface area (Å²) >= 11 is 4.08. The van der Waals surface area contributed by atoms with E-state index in [-0.39, 0.29) is 56.8 Å². The smallest absolute Gasteiger partial charge is 0.327 e. The first-order chi connectivity index (χ1) is 32.8. The molecule has 0 unspecified atom stereocenters. The van der Waals surface area contributed by atoms with Gasteiger partial charge in [-0.15, -0.1) is 0 Å². The Morgan fingerprint density at radius 3 is 1.91 bits per heavy atom. The number of fused-ring (bicyclic) bond motifs is 2. The Hall–Kier alpha value is -7.71. The standard InChI is InChI=1S/C48H56N12O7S/c49-35(22-32-24-54-36-14-7-6-13-34(32)36)42(61)57-40(23-33-25-52-27-55-33)46(65)59-38(20-28-9-2-1-3-10-28)44(63)56-37(15-8-18-53-48(50)51)43(62)58-39(45(64)60-41(26-68)47(66)67)21-29-16-17-30-11-4-5-12-31(30)19-29/h1-7,9-14,16-17,19,24-25,27,35,37-41,54,68H,8,15,18,20-23,26,49H2,(H,52,55)(H,56,63)(H,57,61)(H,58,62)(H,59,65)(H,60,64)(H,66,67)(H4,50,51,53)/t35-,37+,38-,39+,40+,41+/m1/s1. The molecule has 6 atom stereocenters. The highest BCUT2D eigenvalue weighted by Gasteiger charge is 2.33. The molecule has 20 heteroatoms. The molecule has 5 amide bonds. The number of carboxylic acid groups (broad SMARTS) is 1. The lowest BCUT2D eigenvalue weighted by molar-refractivity contribution is -0.141. The van der Waals surface area contributed by atoms with Crippen LogP contribution >= 0.6 is 12.6 Å². The highest BCUT2D eigenvalue weighted by Crippen LogP contribution is 2.20. The zero-order valence-corrected chi connectivity index (χ0v) is 37.9. The summed E-state index contributed by atoms with van der Waals surface area (Å²) in [5.74, 6) is -5.53. The second-order valence-corrected chi connectivity index (χ2v) is 16.7. The van der Waals surface area contributed by atoms with Crippen LogP contribution in [0.2, 0.25) is 0 Å². The SMILES string of the molecule is N=C(N)NCCC[C@H](NC(=O)[C@@H](Cc1ccccc1)NC(=O)[C@H](Cc1c[nH]cn1)NC(=O)[C@H](N)Cc1c[nH]c2ccccc12)C(=O)N[C@@H](Cc1ccc2ccccc2c1)C(=O)N[C@@H](CS)C(=O)O. The van der Waals surface area contributed by atoms with Crippen LogP contribution in [0.15, 0.2) is 116 Å². The number of benzene rings is 4. The number of thiol groups is 1. The number of carbonyl (C=O) groups is 6. The van der Waals surface area contributed by atoms with E-state index in [9.17, 15) is 33.9 Å². The molecule has 0 aliphatic heterocycles. The lowest BCUT2D eigenvalue weighted by Crippen LogP contribution is -2.60. The normalized spacial score (nSPS) is 13.8. The maximum absolute atomic E-state index is 14.5. The molecule has 0 saturated heterocycles. The number of aliphatic carboxylic acids is 1. The van der Waals surface area contributed by atoms with E-state index >= 15 is 0 Å². The van der Waals surface area contributed by atoms with Crippen molar-refractivity contribution < 1.29 is 33.9 Å². The molecular formula is C48H56N12O7S. The molecule has 6 rings (SSSR count). The molecule has 0 spiro atoms. The van der Waals surface area contributed by atoms with Crippen molar-refractivity contribution in [3.05, 3.63) is 138 Å². The Kier molecular flexibility index (Phi) is 17.7. The van der Waals surface area contributed by atoms with Crippen molar-refractivity contribution in [3.63, 3.8) is 0 Å². The predicted molar refractivity (Wildman–Crippen MR) is 260 cm³/mol. The second kappa shape index (κ2) is 24.2. The highest BCUT2D eigenvalue weighted by atomic mass is 32.1. The Labute approximate surface area is 397 Å². The molecule has 4 aromatic carbocycles. The van der Waals surface area contributed by atoms with Crippen molar-refractivity contribution in [2.24, 2.45) is 11.5 Å². The zero-order chi connectivity index (χ0) is 48.6. The number of imidazole rings is 1. The lowest BCUT2D eigenvalue weighted by Gasteiger charge is -2.27. The van der Waals surface area contributed by atoms with E-state index in [1.165, 1.54) is 6.33 Å². The Morgan fingerprint density at radius 2 is 1.25 bits per heavy atom. The van der Waals surface area contributed by atoms with Crippen LogP contribution in [0.5, 0.6) is 0 Å². The first-order valence-electron chi connectivity index (χ1n) is 22.0. The number of aromatic amines is 2. The summed E-state index contributed by atoms with van der Waals surface area (Å²) in [5.41, 5.74) is 15.4. The van der Waals surface area contributed by atoms with Crippen molar-refractivity contribution in [1.29, 1.82) is 5.41 Å². The topological polar surface area (TPSA) is 315 Å². The molecule has 14 N–H and O–H groups in total. The minimum absolute atomic E-state index is 0.0191. The predicted octanol–water partition coefficient (Wildman–Crippen LogP) is 1.34. The largest absolute Gasteiger partial charge is 0.480 e. The third kappa shape index (κ3) is 14.1. The number of nitrogens with one attached hydrogen (secondary N) is 9. The number of H-pyrrole nitrogens is 2. The van der Waals surface area contributed by atoms with Crippen LogP contribution in [0.4, 0.5) is 0 Å². The van der Waals surface area contributed by atoms with Gasteiger partial charge in [-0.25, -0.2) is 9.78 Å². The van der Waals surface area contributed by atoms with Gasteiger partial charge < -0.3 is 58.4 Å². The van der Waals surface area contributed by atoms with E-state index in [2.05, 4.69) is 59.5 Å². The number of nitrogens with two attached hydrogens (primary N) is 2. The first kappa shape index (κ1) is 49.7. The zero-order valence-electron chi connectivity index (χ0n) is 37.0.